The van der Waals surface area contributed by atoms with Crippen LogP contribution in [0.3, 0.4) is 0 Å². The molecule has 5 rings (SSSR count). The predicted molar refractivity (Wildman–Crippen MR) is 200 cm³/mol. The number of rotatable bonds is 9. The normalized spacial score (nSPS) is 19.2. The van der Waals surface area contributed by atoms with E-state index >= 15 is 0 Å². The first-order valence-corrected chi connectivity index (χ1v) is 20.2. The van der Waals surface area contributed by atoms with Gasteiger partial charge >= 0.3 is 5.97 Å². The molecule has 2 aliphatic rings. The predicted octanol–water partition coefficient (Wildman–Crippen LogP) is 6.05. The molecular formula is C38H54N2O10S2. The Balaban J connectivity index is 0.000000269. The number of fused-ring (bicyclic) bond motifs is 3. The smallest absolute Gasteiger partial charge is 0.323 e. The minimum absolute atomic E-state index is 0.0632. The van der Waals surface area contributed by atoms with Gasteiger partial charge in [-0.3, -0.25) is 18.8 Å². The van der Waals surface area contributed by atoms with E-state index in [9.17, 15) is 21.6 Å². The molecule has 1 saturated heterocycles. The highest BCUT2D eigenvalue weighted by molar-refractivity contribution is 7.86. The van der Waals surface area contributed by atoms with Gasteiger partial charge in [-0.1, -0.05) is 63.1 Å². The Labute approximate surface area is 309 Å². The molecule has 0 spiro atoms. The molecule has 2 aliphatic heterocycles. The lowest BCUT2D eigenvalue weighted by Crippen LogP contribution is -2.51. The van der Waals surface area contributed by atoms with E-state index in [1.807, 2.05) is 27.7 Å². The average Bonchev–Trinajstić information content (AvgIpc) is 3.07. The van der Waals surface area contributed by atoms with Gasteiger partial charge < -0.3 is 19.9 Å². The second-order valence-corrected chi connectivity index (χ2v) is 17.0. The van der Waals surface area contributed by atoms with E-state index in [0.717, 1.165) is 55.0 Å². The van der Waals surface area contributed by atoms with Gasteiger partial charge in [0.15, 0.2) is 11.5 Å². The molecule has 0 radical (unpaired) electrons. The maximum Gasteiger partial charge on any atom is 0.323 e. The van der Waals surface area contributed by atoms with Gasteiger partial charge in [0, 0.05) is 31.5 Å². The van der Waals surface area contributed by atoms with Gasteiger partial charge in [-0.05, 0) is 86.1 Å². The van der Waals surface area contributed by atoms with Crippen LogP contribution >= 0.6 is 0 Å². The minimum atomic E-state index is -4.02. The first-order chi connectivity index (χ1) is 24.2. The number of carbonyl (C=O) groups is 1. The summed E-state index contributed by atoms with van der Waals surface area (Å²) in [5.41, 5.74) is 10.6. The lowest BCUT2D eigenvalue weighted by atomic mass is 9.79. The summed E-state index contributed by atoms with van der Waals surface area (Å²) in [5, 5.41) is 0. The number of methoxy groups -OCH3 is 2. The number of hydrogen-bond acceptors (Lipinski definition) is 10. The van der Waals surface area contributed by atoms with Gasteiger partial charge in [-0.15, -0.1) is 0 Å². The molecule has 12 nitrogen and oxygen atoms in total. The molecule has 4 N–H and O–H groups in total. The summed E-state index contributed by atoms with van der Waals surface area (Å²) in [4.78, 5) is 15.1. The monoisotopic (exact) mass is 762 g/mol. The molecule has 3 aromatic carbocycles. The highest BCUT2D eigenvalue weighted by atomic mass is 32.2. The van der Waals surface area contributed by atoms with Crippen LogP contribution in [-0.2, 0) is 36.2 Å². The van der Waals surface area contributed by atoms with Crippen LogP contribution in [0, 0.1) is 31.6 Å². The van der Waals surface area contributed by atoms with Crippen LogP contribution in [0.2, 0.25) is 0 Å². The Hall–Kier alpha value is -3.53. The summed E-state index contributed by atoms with van der Waals surface area (Å²) >= 11 is 0. The van der Waals surface area contributed by atoms with Crippen molar-refractivity contribution in [1.29, 1.82) is 0 Å². The molecule has 1 fully saturated rings. The summed E-state index contributed by atoms with van der Waals surface area (Å²) < 4.78 is 76.2. The van der Waals surface area contributed by atoms with Gasteiger partial charge in [-0.2, -0.15) is 16.8 Å². The topological polar surface area (TPSA) is 183 Å². The number of carbonyl (C=O) groups excluding carboxylic acids is 1. The first kappa shape index (κ1) is 42.9. The van der Waals surface area contributed by atoms with E-state index in [-0.39, 0.29) is 33.8 Å². The van der Waals surface area contributed by atoms with Crippen molar-refractivity contribution in [3.8, 4) is 11.5 Å². The molecule has 14 heteroatoms. The van der Waals surface area contributed by atoms with Gasteiger partial charge in [0.25, 0.3) is 20.2 Å². The summed E-state index contributed by atoms with van der Waals surface area (Å²) in [6.45, 7) is 14.0. The van der Waals surface area contributed by atoms with Crippen molar-refractivity contribution in [3.05, 3.63) is 82.9 Å². The molecular weight excluding hydrogens is 709 g/mol. The Morgan fingerprint density at radius 1 is 0.846 bits per heavy atom. The molecule has 4 atom stereocenters. The number of nitrogens with zero attached hydrogens (tertiary/aromatic N) is 1. The molecule has 0 bridgehead atoms. The van der Waals surface area contributed by atoms with Crippen LogP contribution in [0.25, 0.3) is 0 Å². The molecule has 0 saturated carbocycles. The van der Waals surface area contributed by atoms with E-state index in [4.69, 9.17) is 29.0 Å². The Kier molecular flexibility index (Phi) is 15.2. The van der Waals surface area contributed by atoms with Crippen LogP contribution in [0.15, 0.2) is 70.5 Å². The van der Waals surface area contributed by atoms with Gasteiger partial charge in [0.2, 0.25) is 0 Å². The Bertz CT molecular complexity index is 1770. The molecule has 52 heavy (non-hydrogen) atoms. The maximum absolute atomic E-state index is 12.7. The lowest BCUT2D eigenvalue weighted by molar-refractivity contribution is -0.160. The average molecular weight is 763 g/mol. The summed E-state index contributed by atoms with van der Waals surface area (Å²) in [6.07, 6.45) is 2.70. The van der Waals surface area contributed by atoms with Crippen LogP contribution in [0.4, 0.5) is 0 Å². The molecule has 0 aliphatic carbocycles. The Morgan fingerprint density at radius 2 is 1.33 bits per heavy atom. The Morgan fingerprint density at radius 3 is 1.75 bits per heavy atom. The van der Waals surface area contributed by atoms with Gasteiger partial charge in [-0.25, -0.2) is 0 Å². The van der Waals surface area contributed by atoms with Crippen LogP contribution in [0.5, 0.6) is 11.5 Å². The fraction of sp³-hybridized carbons (Fsp3) is 0.500. The number of hydrogen-bond donors (Lipinski definition) is 3. The fourth-order valence-electron chi connectivity index (χ4n) is 6.30. The van der Waals surface area contributed by atoms with Crippen molar-refractivity contribution < 1.29 is 44.9 Å². The van der Waals surface area contributed by atoms with Crippen molar-refractivity contribution in [2.45, 2.75) is 88.8 Å². The molecule has 3 unspecified atom stereocenters. The number of nitrogens with two attached hydrogens (primary N) is 1. The number of piperidine rings is 1. The van der Waals surface area contributed by atoms with Gasteiger partial charge in [0.05, 0.1) is 24.0 Å². The fourth-order valence-corrected chi connectivity index (χ4v) is 7.26. The zero-order chi connectivity index (χ0) is 39.0. The minimum Gasteiger partial charge on any atom is -0.493 e. The van der Waals surface area contributed by atoms with Gasteiger partial charge in [0.1, 0.15) is 12.1 Å². The second kappa shape index (κ2) is 18.5. The van der Waals surface area contributed by atoms with Crippen molar-refractivity contribution in [2.24, 2.45) is 23.5 Å². The van der Waals surface area contributed by atoms with E-state index in [1.54, 1.807) is 38.5 Å². The molecule has 288 valence electrons. The number of aryl methyl sites for hydroxylation is 2. The zero-order valence-electron chi connectivity index (χ0n) is 31.3. The van der Waals surface area contributed by atoms with Crippen molar-refractivity contribution in [3.63, 3.8) is 0 Å². The van der Waals surface area contributed by atoms with E-state index < -0.39 is 26.3 Å². The number of ether oxygens (including phenoxy) is 3. The summed E-state index contributed by atoms with van der Waals surface area (Å²) in [5.74, 6) is 2.18. The standard InChI is InChI=1S/C24H38N2O4.2C7H8O3S/c1-14(2)9-17-13-26-8-7-16-10-21(28-5)22(29-6)11-18(16)19(26)12-20(17)30-24(27)23(25)15(3)4;2*1-6-2-4-7(5-3-6)11(8,9)10/h10-11,14-15,17,19-20,23H,7-9,12-13,25H2,1-6H3;2*2-5H,1H3,(H,8,9,10)/t17?,19?,20?,23-;;/m0../s1. The largest absolute Gasteiger partial charge is 0.493 e. The molecule has 0 amide bonds. The SMILES string of the molecule is COc1cc2c(cc1OC)C1CC(OC(=O)[C@@H](N)C(C)C)C(CC(C)C)CN1CC2.Cc1ccc(S(=O)(=O)O)cc1.Cc1ccc(S(=O)(=O)O)cc1. The zero-order valence-corrected chi connectivity index (χ0v) is 32.9. The highest BCUT2D eigenvalue weighted by Gasteiger charge is 2.41. The third-order valence-corrected chi connectivity index (χ3v) is 11.0. The van der Waals surface area contributed by atoms with Crippen LogP contribution < -0.4 is 15.2 Å². The highest BCUT2D eigenvalue weighted by Crippen LogP contribution is 2.44. The van der Waals surface area contributed by atoms with Crippen molar-refractivity contribution in [1.82, 2.24) is 4.90 Å². The molecule has 0 aromatic heterocycles. The van der Waals surface area contributed by atoms with Crippen LogP contribution in [-0.4, -0.2) is 76.3 Å². The lowest BCUT2D eigenvalue weighted by Gasteiger charge is -2.47. The van der Waals surface area contributed by atoms with Crippen LogP contribution in [0.1, 0.15) is 68.8 Å². The number of benzene rings is 3. The summed E-state index contributed by atoms with van der Waals surface area (Å²) in [7, 11) is -4.70. The van der Waals surface area contributed by atoms with E-state index in [2.05, 4.69) is 30.9 Å². The van der Waals surface area contributed by atoms with E-state index in [1.165, 1.54) is 35.4 Å². The molecule has 3 aromatic rings. The van der Waals surface area contributed by atoms with Crippen molar-refractivity contribution >= 4 is 26.2 Å². The van der Waals surface area contributed by atoms with E-state index in [0.29, 0.717) is 11.8 Å². The molecule has 2 heterocycles. The summed E-state index contributed by atoms with van der Waals surface area (Å²) in [6, 6.07) is 15.8. The third kappa shape index (κ3) is 12.0. The third-order valence-electron chi connectivity index (χ3n) is 9.23. The second-order valence-electron chi connectivity index (χ2n) is 14.1. The number of esters is 1. The quantitative estimate of drug-likeness (QED) is 0.170. The maximum atomic E-state index is 12.7. The van der Waals surface area contributed by atoms with Crippen molar-refractivity contribution in [2.75, 3.05) is 27.3 Å². The first-order valence-electron chi connectivity index (χ1n) is 17.3.